The Kier molecular flexibility index (Phi) is 9.59. The number of nitrogens with one attached hydrogen (secondary N) is 1. The van der Waals surface area contributed by atoms with Crippen LogP contribution in [0.2, 0.25) is 0 Å². The molecule has 0 spiro atoms. The largest absolute Gasteiger partial charge is 0.367 e. The van der Waals surface area contributed by atoms with E-state index in [1.54, 1.807) is 24.3 Å². The summed E-state index contributed by atoms with van der Waals surface area (Å²) in [4.78, 5) is 39.8. The van der Waals surface area contributed by atoms with Crippen LogP contribution in [0.3, 0.4) is 0 Å². The van der Waals surface area contributed by atoms with Gasteiger partial charge in [-0.2, -0.15) is 0 Å². The second kappa shape index (κ2) is 12.8. The first-order valence-electron chi connectivity index (χ1n) is 11.9. The van der Waals surface area contributed by atoms with E-state index in [0.717, 1.165) is 37.1 Å². The third-order valence-electron chi connectivity index (χ3n) is 6.10. The molecule has 9 nitrogen and oxygen atoms in total. The molecule has 1 aliphatic heterocycles. The average molecular weight is 492 g/mol. The van der Waals surface area contributed by atoms with E-state index in [1.807, 2.05) is 12.1 Å². The van der Waals surface area contributed by atoms with Gasteiger partial charge in [-0.3, -0.25) is 19.6 Å². The number of likely N-dealkylation sites (tertiary alicyclic amines) is 1. The van der Waals surface area contributed by atoms with E-state index in [2.05, 4.69) is 34.2 Å². The molecule has 1 aliphatic rings. The Balaban J connectivity index is 1.54. The number of hydrogen-bond donors (Lipinski definition) is 3. The van der Waals surface area contributed by atoms with Crippen LogP contribution >= 0.6 is 0 Å². The molecule has 0 aliphatic carbocycles. The molecule has 1 unspecified atom stereocenters. The molecule has 0 radical (unpaired) electrons. The summed E-state index contributed by atoms with van der Waals surface area (Å²) in [7, 11) is 2.34. The zero-order chi connectivity index (χ0) is 26.1. The van der Waals surface area contributed by atoms with E-state index >= 15 is 0 Å². The molecule has 4 N–H and O–H groups in total. The van der Waals surface area contributed by atoms with Crippen molar-refractivity contribution in [2.45, 2.75) is 25.4 Å². The van der Waals surface area contributed by atoms with Gasteiger partial charge >= 0.3 is 0 Å². The summed E-state index contributed by atoms with van der Waals surface area (Å²) >= 11 is 0. The quantitative estimate of drug-likeness (QED) is 0.159. The van der Waals surface area contributed by atoms with Gasteiger partial charge in [-0.1, -0.05) is 24.0 Å². The van der Waals surface area contributed by atoms with Gasteiger partial charge in [-0.05, 0) is 67.9 Å². The maximum Gasteiger partial charge on any atom is 0.278 e. The topological polar surface area (TPSA) is 119 Å². The number of nitrogens with two attached hydrogens (primary N) is 1. The molecule has 1 fully saturated rings. The Bertz CT molecular complexity index is 1110. The molecule has 0 aromatic heterocycles. The Morgan fingerprint density at radius 2 is 1.56 bits per heavy atom. The Morgan fingerprint density at radius 3 is 2.08 bits per heavy atom. The summed E-state index contributed by atoms with van der Waals surface area (Å²) in [5.41, 5.74) is 8.31. The summed E-state index contributed by atoms with van der Waals surface area (Å²) in [5, 5.41) is 13.1. The highest BCUT2D eigenvalue weighted by atomic mass is 16.5. The van der Waals surface area contributed by atoms with Crippen LogP contribution in [0.15, 0.2) is 48.5 Å². The van der Waals surface area contributed by atoms with E-state index in [9.17, 15) is 19.6 Å². The molecule has 2 aromatic carbocycles. The first-order valence-corrected chi connectivity index (χ1v) is 11.9. The summed E-state index contributed by atoms with van der Waals surface area (Å²) in [5.74, 6) is 3.56. The minimum atomic E-state index is -1.62. The number of likely N-dealkylation sites (N-methyl/N-ethyl adjacent to an activating group) is 2. The van der Waals surface area contributed by atoms with E-state index in [-0.39, 0.29) is 10.6 Å². The fraction of sp³-hybridized carbons (Fsp3) is 0.370. The van der Waals surface area contributed by atoms with Crippen molar-refractivity contribution >= 4 is 17.7 Å². The summed E-state index contributed by atoms with van der Waals surface area (Å²) in [6.45, 7) is 5.32. The first kappa shape index (κ1) is 26.9. The van der Waals surface area contributed by atoms with Crippen molar-refractivity contribution in [3.05, 3.63) is 70.8 Å². The lowest BCUT2D eigenvalue weighted by molar-refractivity contribution is -0.165. The van der Waals surface area contributed by atoms with Gasteiger partial charge in [-0.15, -0.1) is 0 Å². The zero-order valence-electron chi connectivity index (χ0n) is 20.7. The molecule has 0 bridgehead atoms. The van der Waals surface area contributed by atoms with Crippen LogP contribution in [-0.2, 0) is 16.1 Å². The first-order chi connectivity index (χ1) is 17.3. The van der Waals surface area contributed by atoms with Crippen LogP contribution in [0.4, 0.5) is 0 Å². The fourth-order valence-electron chi connectivity index (χ4n) is 4.00. The molecule has 1 atom stereocenters. The second-order valence-electron chi connectivity index (χ2n) is 8.83. The molecule has 1 heterocycles. The van der Waals surface area contributed by atoms with E-state index < -0.39 is 23.8 Å². The monoisotopic (exact) mass is 491 g/mol. The number of rotatable bonds is 9. The van der Waals surface area contributed by atoms with Crippen LogP contribution in [0.1, 0.15) is 39.9 Å². The van der Waals surface area contributed by atoms with Crippen molar-refractivity contribution in [1.82, 2.24) is 20.2 Å². The molecule has 9 heteroatoms. The normalized spacial score (nSPS) is 14.0. The van der Waals surface area contributed by atoms with Gasteiger partial charge in [0.25, 0.3) is 11.8 Å². The number of benzene rings is 2. The Hall–Kier alpha value is -3.71. The van der Waals surface area contributed by atoms with E-state index in [1.165, 1.54) is 38.5 Å². The average Bonchev–Trinajstić information content (AvgIpc) is 3.39. The molecular weight excluding hydrogens is 458 g/mol. The number of carbonyl (C=O) groups excluding carboxylic acids is 3. The van der Waals surface area contributed by atoms with Crippen molar-refractivity contribution in [1.29, 1.82) is 0 Å². The Morgan fingerprint density at radius 1 is 1.00 bits per heavy atom. The van der Waals surface area contributed by atoms with Gasteiger partial charge in [0.05, 0.1) is 0 Å². The maximum atomic E-state index is 12.7. The van der Waals surface area contributed by atoms with Gasteiger partial charge in [0.15, 0.2) is 6.04 Å². The number of hydroxylamine groups is 2. The second-order valence-corrected chi connectivity index (χ2v) is 8.83. The van der Waals surface area contributed by atoms with Crippen molar-refractivity contribution < 1.29 is 19.6 Å². The third-order valence-corrected chi connectivity index (χ3v) is 6.10. The zero-order valence-corrected chi connectivity index (χ0v) is 20.7. The predicted molar refractivity (Wildman–Crippen MR) is 136 cm³/mol. The van der Waals surface area contributed by atoms with Crippen LogP contribution in [-0.4, -0.2) is 84.1 Å². The smallest absolute Gasteiger partial charge is 0.278 e. The highest BCUT2D eigenvalue weighted by molar-refractivity contribution is 6.08. The molecule has 3 rings (SSSR count). The van der Waals surface area contributed by atoms with Gasteiger partial charge in [0.2, 0.25) is 5.91 Å². The van der Waals surface area contributed by atoms with Gasteiger partial charge in [0, 0.05) is 50.4 Å². The predicted octanol–water partition coefficient (Wildman–Crippen LogP) is 1.05. The van der Waals surface area contributed by atoms with Crippen LogP contribution in [0.5, 0.6) is 0 Å². The number of nitrogens with zero attached hydrogens (tertiary/aromatic N) is 3. The molecule has 2 aromatic rings. The summed E-state index contributed by atoms with van der Waals surface area (Å²) < 4.78 is 0. The minimum Gasteiger partial charge on any atom is -0.367 e. The van der Waals surface area contributed by atoms with Crippen molar-refractivity contribution in [3.8, 4) is 11.8 Å². The highest BCUT2D eigenvalue weighted by Crippen LogP contribution is 2.11. The molecule has 1 saturated heterocycles. The Labute approximate surface area is 211 Å². The van der Waals surface area contributed by atoms with Crippen LogP contribution in [0, 0.1) is 11.8 Å². The minimum absolute atomic E-state index is 0.233. The summed E-state index contributed by atoms with van der Waals surface area (Å²) in [6, 6.07) is 13.0. The van der Waals surface area contributed by atoms with Crippen molar-refractivity contribution in [2.24, 2.45) is 5.73 Å². The number of hydrogen-bond acceptors (Lipinski definition) is 6. The molecule has 3 amide bonds. The fourth-order valence-corrected chi connectivity index (χ4v) is 4.00. The highest BCUT2D eigenvalue weighted by Gasteiger charge is 2.34. The number of carbonyl (C=O) groups is 3. The van der Waals surface area contributed by atoms with Gasteiger partial charge in [0.1, 0.15) is 0 Å². The lowest BCUT2D eigenvalue weighted by Crippen LogP contribution is -2.54. The molecule has 36 heavy (non-hydrogen) atoms. The lowest BCUT2D eigenvalue weighted by atomic mass is 10.1. The van der Waals surface area contributed by atoms with Crippen LogP contribution < -0.4 is 11.1 Å². The van der Waals surface area contributed by atoms with Gasteiger partial charge < -0.3 is 20.9 Å². The van der Waals surface area contributed by atoms with Crippen molar-refractivity contribution in [2.75, 3.05) is 40.3 Å². The number of primary amides is 1. The standard InChI is InChI=1S/C27H33N5O4/c1-30(24(25(28)33)27(35)31(2)36)26(34)23-13-11-21(12-14-23)6-5-20-7-9-22(10-8-20)19-29-15-18-32-16-3-4-17-32/h7-14,24,29,36H,3-4,15-19H2,1-2H3,(H2,28,33). The van der Waals surface area contributed by atoms with E-state index in [0.29, 0.717) is 5.56 Å². The van der Waals surface area contributed by atoms with Gasteiger partial charge in [-0.25, -0.2) is 5.06 Å². The maximum absolute atomic E-state index is 12.7. The molecule has 190 valence electrons. The van der Waals surface area contributed by atoms with E-state index in [4.69, 9.17) is 5.73 Å². The summed E-state index contributed by atoms with van der Waals surface area (Å²) in [6.07, 6.45) is 2.62. The lowest BCUT2D eigenvalue weighted by Gasteiger charge is -2.26. The number of amides is 3. The van der Waals surface area contributed by atoms with Crippen LogP contribution in [0.25, 0.3) is 0 Å². The molecular formula is C27H33N5O4. The molecule has 0 saturated carbocycles. The third kappa shape index (κ3) is 7.39. The van der Waals surface area contributed by atoms with Crippen molar-refractivity contribution in [3.63, 3.8) is 0 Å². The SMILES string of the molecule is CN(O)C(=O)C(C(N)=O)N(C)C(=O)c1ccc(C#Cc2ccc(CNCCN3CCCC3)cc2)cc1.